The van der Waals surface area contributed by atoms with E-state index in [1.165, 1.54) is 29.2 Å². The van der Waals surface area contributed by atoms with Gasteiger partial charge in [0.2, 0.25) is 0 Å². The Hall–Kier alpha value is -2.65. The fourth-order valence-corrected chi connectivity index (χ4v) is 4.48. The first-order valence-corrected chi connectivity index (χ1v) is 10.4. The number of non-ortho nitro benzene ring substituents is 1. The third kappa shape index (κ3) is 3.87. The van der Waals surface area contributed by atoms with E-state index in [4.69, 9.17) is 39.8 Å². The Morgan fingerprint density at radius 3 is 2.53 bits per heavy atom. The van der Waals surface area contributed by atoms with E-state index in [2.05, 4.69) is 0 Å². The summed E-state index contributed by atoms with van der Waals surface area (Å²) in [6, 6.07) is 14.3. The summed E-state index contributed by atoms with van der Waals surface area (Å²) < 4.78 is 6.14. The van der Waals surface area contributed by atoms with Gasteiger partial charge in [-0.25, -0.2) is 0 Å². The van der Waals surface area contributed by atoms with Gasteiger partial charge in [-0.1, -0.05) is 53.2 Å². The predicted molar refractivity (Wildman–Crippen MR) is 123 cm³/mol. The van der Waals surface area contributed by atoms with Gasteiger partial charge in [-0.05, 0) is 36.4 Å². The van der Waals surface area contributed by atoms with Crippen molar-refractivity contribution in [1.29, 1.82) is 0 Å². The van der Waals surface area contributed by atoms with Crippen LogP contribution in [0.15, 0.2) is 63.9 Å². The Morgan fingerprint density at radius 2 is 1.83 bits per heavy atom. The van der Waals surface area contributed by atoms with Crippen molar-refractivity contribution in [2.45, 2.75) is 0 Å². The maximum atomic E-state index is 12.9. The number of rotatable bonds is 4. The Bertz CT molecular complexity index is 1220. The largest absolute Gasteiger partial charge is 0.457 e. The summed E-state index contributed by atoms with van der Waals surface area (Å²) in [4.78, 5) is 24.9. The first kappa shape index (κ1) is 20.6. The molecule has 30 heavy (non-hydrogen) atoms. The molecule has 0 radical (unpaired) electrons. The Kier molecular flexibility index (Phi) is 5.66. The van der Waals surface area contributed by atoms with Gasteiger partial charge in [-0.3, -0.25) is 19.8 Å². The lowest BCUT2D eigenvalue weighted by atomic mass is 10.2. The Labute approximate surface area is 190 Å². The lowest BCUT2D eigenvalue weighted by molar-refractivity contribution is -0.384. The number of carbonyl (C=O) groups excluding carboxylic acids is 1. The summed E-state index contributed by atoms with van der Waals surface area (Å²) in [6.45, 7) is 0. The quantitative estimate of drug-likeness (QED) is 0.183. The number of hydrogen-bond acceptors (Lipinski definition) is 6. The highest BCUT2D eigenvalue weighted by atomic mass is 35.5. The molecule has 3 aromatic rings. The molecule has 4 rings (SSSR count). The van der Waals surface area contributed by atoms with E-state index in [1.807, 2.05) is 0 Å². The van der Waals surface area contributed by atoms with Crippen LogP contribution < -0.4 is 4.90 Å². The average molecular weight is 477 g/mol. The van der Waals surface area contributed by atoms with E-state index in [1.54, 1.807) is 36.4 Å². The predicted octanol–water partition coefficient (Wildman–Crippen LogP) is 6.57. The van der Waals surface area contributed by atoms with Crippen LogP contribution in [0.4, 0.5) is 11.4 Å². The summed E-state index contributed by atoms with van der Waals surface area (Å²) in [6.07, 6.45) is 1.59. The topological polar surface area (TPSA) is 76.6 Å². The number of anilines is 1. The van der Waals surface area contributed by atoms with Crippen molar-refractivity contribution in [2.24, 2.45) is 0 Å². The molecule has 2 aromatic carbocycles. The van der Waals surface area contributed by atoms with Gasteiger partial charge >= 0.3 is 0 Å². The van der Waals surface area contributed by atoms with E-state index < -0.39 is 4.92 Å². The molecule has 150 valence electrons. The van der Waals surface area contributed by atoms with Crippen molar-refractivity contribution >= 4 is 74.9 Å². The van der Waals surface area contributed by atoms with Crippen LogP contribution in [0.25, 0.3) is 17.4 Å². The summed E-state index contributed by atoms with van der Waals surface area (Å²) in [5, 5.41) is 11.6. The molecule has 0 saturated carbocycles. The molecule has 1 aromatic heterocycles. The van der Waals surface area contributed by atoms with Crippen molar-refractivity contribution in [3.8, 4) is 11.3 Å². The van der Waals surface area contributed by atoms with E-state index in [0.717, 1.165) is 11.8 Å². The number of halogens is 2. The van der Waals surface area contributed by atoms with Gasteiger partial charge in [0.05, 0.1) is 25.6 Å². The highest BCUT2D eigenvalue weighted by Gasteiger charge is 2.33. The zero-order chi connectivity index (χ0) is 21.4. The number of thiocarbonyl (C=S) groups is 1. The van der Waals surface area contributed by atoms with Gasteiger partial charge in [0.15, 0.2) is 4.32 Å². The molecule has 1 aliphatic heterocycles. The molecule has 2 heterocycles. The lowest BCUT2D eigenvalue weighted by Gasteiger charge is -2.13. The molecule has 1 aliphatic rings. The first-order chi connectivity index (χ1) is 14.3. The van der Waals surface area contributed by atoms with Gasteiger partial charge in [-0.15, -0.1) is 0 Å². The highest BCUT2D eigenvalue weighted by Crippen LogP contribution is 2.38. The molecule has 0 spiro atoms. The van der Waals surface area contributed by atoms with E-state index in [0.29, 0.717) is 42.0 Å². The molecule has 1 amide bonds. The Balaban J connectivity index is 1.60. The fourth-order valence-electron chi connectivity index (χ4n) is 2.81. The molecule has 1 fully saturated rings. The van der Waals surface area contributed by atoms with Gasteiger partial charge < -0.3 is 4.42 Å². The molecule has 0 atom stereocenters. The maximum Gasteiger partial charge on any atom is 0.270 e. The number of hydrogen-bond donors (Lipinski definition) is 0. The summed E-state index contributed by atoms with van der Waals surface area (Å²) in [7, 11) is 0. The van der Waals surface area contributed by atoms with Crippen LogP contribution in [0.3, 0.4) is 0 Å². The highest BCUT2D eigenvalue weighted by molar-refractivity contribution is 8.27. The van der Waals surface area contributed by atoms with Crippen molar-refractivity contribution in [3.63, 3.8) is 0 Å². The minimum absolute atomic E-state index is 0.0671. The SMILES string of the molecule is O=C1/C(=C\c2ccc(-c3cccc(Cl)c3Cl)o2)SC(=S)N1c1ccc([N+](=O)[O-])cc1. The van der Waals surface area contributed by atoms with E-state index in [9.17, 15) is 14.9 Å². The summed E-state index contributed by atoms with van der Waals surface area (Å²) >= 11 is 18.7. The van der Waals surface area contributed by atoms with Crippen LogP contribution in [0.1, 0.15) is 5.76 Å². The second-order valence-corrected chi connectivity index (χ2v) is 8.55. The number of nitro benzene ring substituents is 1. The number of nitrogens with zero attached hydrogens (tertiary/aromatic N) is 2. The molecule has 10 heteroatoms. The second kappa shape index (κ2) is 8.23. The van der Waals surface area contributed by atoms with E-state index >= 15 is 0 Å². The van der Waals surface area contributed by atoms with E-state index in [-0.39, 0.29) is 11.6 Å². The monoisotopic (exact) mass is 476 g/mol. The van der Waals surface area contributed by atoms with Crippen LogP contribution in [0, 0.1) is 10.1 Å². The minimum Gasteiger partial charge on any atom is -0.457 e. The molecule has 0 aliphatic carbocycles. The van der Waals surface area contributed by atoms with Gasteiger partial charge in [-0.2, -0.15) is 0 Å². The molecule has 0 unspecified atom stereocenters. The number of nitro groups is 1. The lowest BCUT2D eigenvalue weighted by Crippen LogP contribution is -2.27. The molecular weight excluding hydrogens is 467 g/mol. The molecular formula is C20H10Cl2N2O4S2. The first-order valence-electron chi connectivity index (χ1n) is 8.42. The second-order valence-electron chi connectivity index (χ2n) is 6.09. The zero-order valence-electron chi connectivity index (χ0n) is 14.9. The third-order valence-corrected chi connectivity index (χ3v) is 6.35. The third-order valence-electron chi connectivity index (χ3n) is 4.23. The number of amides is 1. The molecule has 6 nitrogen and oxygen atoms in total. The van der Waals surface area contributed by atoms with Crippen molar-refractivity contribution in [2.75, 3.05) is 4.90 Å². The maximum absolute atomic E-state index is 12.9. The number of benzene rings is 2. The van der Waals surface area contributed by atoms with Crippen molar-refractivity contribution < 1.29 is 14.1 Å². The smallest absolute Gasteiger partial charge is 0.270 e. The summed E-state index contributed by atoms with van der Waals surface area (Å²) in [5.74, 6) is 0.627. The fraction of sp³-hybridized carbons (Fsp3) is 0. The van der Waals surface area contributed by atoms with Crippen molar-refractivity contribution in [1.82, 2.24) is 0 Å². The standard InChI is InChI=1S/C20H10Cl2N2O4S2/c21-15-3-1-2-14(18(15)22)16-9-8-13(28-16)10-17-19(25)23(20(29)30-17)11-4-6-12(7-5-11)24(26)27/h1-10H/b17-10+. The van der Waals surface area contributed by atoms with Crippen LogP contribution in [0.2, 0.25) is 10.0 Å². The molecule has 0 bridgehead atoms. The van der Waals surface area contributed by atoms with Crippen LogP contribution >= 0.6 is 47.2 Å². The minimum atomic E-state index is -0.505. The summed E-state index contributed by atoms with van der Waals surface area (Å²) in [5.41, 5.74) is 1.03. The molecule has 0 N–H and O–H groups in total. The number of thioether (sulfide) groups is 1. The number of carbonyl (C=O) groups is 1. The van der Waals surface area contributed by atoms with Crippen molar-refractivity contribution in [3.05, 3.63) is 85.4 Å². The van der Waals surface area contributed by atoms with Crippen LogP contribution in [-0.4, -0.2) is 15.2 Å². The average Bonchev–Trinajstić information content (AvgIpc) is 3.28. The van der Waals surface area contributed by atoms with Crippen LogP contribution in [-0.2, 0) is 4.79 Å². The van der Waals surface area contributed by atoms with Crippen LogP contribution in [0.5, 0.6) is 0 Å². The van der Waals surface area contributed by atoms with Gasteiger partial charge in [0.1, 0.15) is 11.5 Å². The Morgan fingerprint density at radius 1 is 1.10 bits per heavy atom. The zero-order valence-corrected chi connectivity index (χ0v) is 18.0. The number of furan rings is 1. The normalized spacial score (nSPS) is 15.3. The molecule has 1 saturated heterocycles. The van der Waals surface area contributed by atoms with Gasteiger partial charge in [0, 0.05) is 23.8 Å². The van der Waals surface area contributed by atoms with Gasteiger partial charge in [0.25, 0.3) is 11.6 Å².